The van der Waals surface area contributed by atoms with Crippen LogP contribution in [0.3, 0.4) is 0 Å². The number of nitriles is 1. The lowest BCUT2D eigenvalue weighted by atomic mass is 9.97. The summed E-state index contributed by atoms with van der Waals surface area (Å²) in [6.45, 7) is 3.38. The van der Waals surface area contributed by atoms with E-state index in [9.17, 15) is 14.9 Å². The fourth-order valence-corrected chi connectivity index (χ4v) is 3.59. The number of hydrogen-bond acceptors (Lipinski definition) is 9. The molecule has 0 amide bonds. The first-order chi connectivity index (χ1) is 15.1. The third-order valence-electron chi connectivity index (χ3n) is 5.09. The molecular formula is C22H26N4O5. The molecule has 0 N–H and O–H groups in total. The third-order valence-corrected chi connectivity index (χ3v) is 5.09. The summed E-state index contributed by atoms with van der Waals surface area (Å²) in [5.41, 5.74) is 1.45. The number of rotatable bonds is 8. The van der Waals surface area contributed by atoms with Crippen LogP contribution in [-0.2, 0) is 23.8 Å². The highest BCUT2D eigenvalue weighted by atomic mass is 16.6. The van der Waals surface area contributed by atoms with Gasteiger partial charge in [0, 0.05) is 20.2 Å². The molecule has 0 bridgehead atoms. The van der Waals surface area contributed by atoms with E-state index < -0.39 is 11.9 Å². The minimum atomic E-state index is -1.24. The second kappa shape index (κ2) is 10.7. The maximum atomic E-state index is 12.6. The molecule has 0 aliphatic carbocycles. The lowest BCUT2D eigenvalue weighted by Gasteiger charge is -2.33. The molecule has 1 saturated heterocycles. The molecule has 31 heavy (non-hydrogen) atoms. The molecular weight excluding hydrogens is 400 g/mol. The molecule has 3 rings (SSSR count). The van der Waals surface area contributed by atoms with Crippen molar-refractivity contribution in [2.45, 2.75) is 25.7 Å². The number of carbonyl (C=O) groups is 2. The Morgan fingerprint density at radius 3 is 2.65 bits per heavy atom. The number of benzene rings is 1. The van der Waals surface area contributed by atoms with E-state index in [-0.39, 0.29) is 30.8 Å². The number of esters is 2. The molecule has 1 aliphatic rings. The lowest BCUT2D eigenvalue weighted by molar-refractivity contribution is -0.148. The van der Waals surface area contributed by atoms with E-state index in [1.165, 1.54) is 7.11 Å². The van der Waals surface area contributed by atoms with E-state index in [0.717, 1.165) is 6.42 Å². The van der Waals surface area contributed by atoms with Crippen molar-refractivity contribution >= 4 is 28.8 Å². The highest BCUT2D eigenvalue weighted by Crippen LogP contribution is 2.31. The number of methoxy groups -OCH3 is 1. The standard InChI is InChI=1S/C22H26N4O5/c1-3-30-21(27)15-7-6-10-26(14-15)20-19(16(13-23)22(28)31-12-11-29-2)24-17-8-4-5-9-18(17)25-20/h4-5,8-9,15-16H,3,6-7,10-12,14H2,1-2H3/t15-,16+/m1/s1. The van der Waals surface area contributed by atoms with E-state index >= 15 is 0 Å². The fourth-order valence-electron chi connectivity index (χ4n) is 3.59. The molecule has 2 atom stereocenters. The van der Waals surface area contributed by atoms with E-state index in [0.29, 0.717) is 43.0 Å². The smallest absolute Gasteiger partial charge is 0.329 e. The van der Waals surface area contributed by atoms with Crippen molar-refractivity contribution in [3.63, 3.8) is 0 Å². The number of anilines is 1. The van der Waals surface area contributed by atoms with Gasteiger partial charge in [-0.3, -0.25) is 9.59 Å². The van der Waals surface area contributed by atoms with Crippen molar-refractivity contribution in [2.24, 2.45) is 5.92 Å². The van der Waals surface area contributed by atoms with Gasteiger partial charge >= 0.3 is 11.9 Å². The summed E-state index contributed by atoms with van der Waals surface area (Å²) in [5.74, 6) is -2.08. The molecule has 1 aliphatic heterocycles. The van der Waals surface area contributed by atoms with Crippen molar-refractivity contribution in [3.8, 4) is 6.07 Å². The number of hydrogen-bond donors (Lipinski definition) is 0. The van der Waals surface area contributed by atoms with Crippen LogP contribution in [0.1, 0.15) is 31.4 Å². The number of piperidine rings is 1. The first-order valence-electron chi connectivity index (χ1n) is 10.3. The summed E-state index contributed by atoms with van der Waals surface area (Å²) in [5, 5.41) is 9.77. The van der Waals surface area contributed by atoms with Gasteiger partial charge < -0.3 is 19.1 Å². The molecule has 2 heterocycles. The number of para-hydroxylation sites is 2. The molecule has 1 aromatic carbocycles. The van der Waals surface area contributed by atoms with Gasteiger partial charge in [0.2, 0.25) is 0 Å². The zero-order chi connectivity index (χ0) is 22.2. The van der Waals surface area contributed by atoms with Gasteiger partial charge in [0.05, 0.1) is 36.2 Å². The highest BCUT2D eigenvalue weighted by molar-refractivity contribution is 5.85. The number of ether oxygens (including phenoxy) is 3. The molecule has 164 valence electrons. The van der Waals surface area contributed by atoms with Crippen LogP contribution >= 0.6 is 0 Å². The summed E-state index contributed by atoms with van der Waals surface area (Å²) in [6.07, 6.45) is 1.47. The summed E-state index contributed by atoms with van der Waals surface area (Å²) < 4.78 is 15.3. The Balaban J connectivity index is 1.98. The Kier molecular flexibility index (Phi) is 7.73. The average Bonchev–Trinajstić information content (AvgIpc) is 2.79. The molecule has 9 heteroatoms. The quantitative estimate of drug-likeness (QED) is 0.463. The Labute approximate surface area is 180 Å². The van der Waals surface area contributed by atoms with Gasteiger partial charge in [-0.05, 0) is 31.9 Å². The Morgan fingerprint density at radius 2 is 1.97 bits per heavy atom. The molecule has 0 saturated carbocycles. The van der Waals surface area contributed by atoms with E-state index in [4.69, 9.17) is 19.2 Å². The van der Waals surface area contributed by atoms with Crippen molar-refractivity contribution in [2.75, 3.05) is 44.9 Å². The van der Waals surface area contributed by atoms with Crippen LogP contribution in [0.4, 0.5) is 5.82 Å². The van der Waals surface area contributed by atoms with Crippen LogP contribution in [-0.4, -0.2) is 61.9 Å². The van der Waals surface area contributed by atoms with Crippen molar-refractivity contribution < 1.29 is 23.8 Å². The second-order valence-corrected chi connectivity index (χ2v) is 7.18. The fraction of sp³-hybridized carbons (Fsp3) is 0.500. The highest BCUT2D eigenvalue weighted by Gasteiger charge is 2.33. The van der Waals surface area contributed by atoms with Crippen molar-refractivity contribution in [1.82, 2.24) is 9.97 Å². The van der Waals surface area contributed by atoms with Crippen LogP contribution in [0.25, 0.3) is 11.0 Å². The zero-order valence-electron chi connectivity index (χ0n) is 17.7. The van der Waals surface area contributed by atoms with E-state index in [2.05, 4.69) is 4.98 Å². The second-order valence-electron chi connectivity index (χ2n) is 7.18. The van der Waals surface area contributed by atoms with Gasteiger partial charge in [0.1, 0.15) is 12.3 Å². The topological polar surface area (TPSA) is 115 Å². The first-order valence-corrected chi connectivity index (χ1v) is 10.3. The zero-order valence-corrected chi connectivity index (χ0v) is 17.7. The SMILES string of the molecule is CCOC(=O)[C@@H]1CCCN(c2nc3ccccc3nc2[C@H](C#N)C(=O)OCCOC)C1. The van der Waals surface area contributed by atoms with Gasteiger partial charge in [-0.25, -0.2) is 9.97 Å². The largest absolute Gasteiger partial charge is 0.466 e. The number of nitrogens with zero attached hydrogens (tertiary/aromatic N) is 4. The maximum absolute atomic E-state index is 12.6. The van der Waals surface area contributed by atoms with Crippen LogP contribution in [0.15, 0.2) is 24.3 Å². The normalized spacial score (nSPS) is 17.1. The molecule has 1 fully saturated rings. The predicted octanol–water partition coefficient (Wildman–Crippen LogP) is 2.21. The van der Waals surface area contributed by atoms with E-state index in [1.54, 1.807) is 13.0 Å². The first kappa shape index (κ1) is 22.4. The van der Waals surface area contributed by atoms with Crippen LogP contribution in [0, 0.1) is 17.2 Å². The summed E-state index contributed by atoms with van der Waals surface area (Å²) in [4.78, 5) is 36.1. The van der Waals surface area contributed by atoms with Crippen molar-refractivity contribution in [3.05, 3.63) is 30.0 Å². The van der Waals surface area contributed by atoms with Gasteiger partial charge in [-0.1, -0.05) is 12.1 Å². The monoisotopic (exact) mass is 426 g/mol. The van der Waals surface area contributed by atoms with Gasteiger partial charge in [-0.2, -0.15) is 5.26 Å². The van der Waals surface area contributed by atoms with Crippen molar-refractivity contribution in [1.29, 1.82) is 5.26 Å². The maximum Gasteiger partial charge on any atom is 0.329 e. The lowest BCUT2D eigenvalue weighted by Crippen LogP contribution is -2.40. The minimum absolute atomic E-state index is 0.0402. The summed E-state index contributed by atoms with van der Waals surface area (Å²) >= 11 is 0. The Hall–Kier alpha value is -3.25. The minimum Gasteiger partial charge on any atom is -0.466 e. The van der Waals surface area contributed by atoms with Crippen LogP contribution in [0.5, 0.6) is 0 Å². The van der Waals surface area contributed by atoms with Gasteiger partial charge in [0.25, 0.3) is 0 Å². The molecule has 0 unspecified atom stereocenters. The molecule has 0 radical (unpaired) electrons. The van der Waals surface area contributed by atoms with Crippen LogP contribution in [0.2, 0.25) is 0 Å². The van der Waals surface area contributed by atoms with E-state index in [1.807, 2.05) is 29.2 Å². The van der Waals surface area contributed by atoms with Crippen LogP contribution < -0.4 is 4.90 Å². The Morgan fingerprint density at radius 1 is 1.23 bits per heavy atom. The predicted molar refractivity (Wildman–Crippen MR) is 112 cm³/mol. The summed E-state index contributed by atoms with van der Waals surface area (Å²) in [7, 11) is 1.50. The number of carbonyl (C=O) groups excluding carboxylic acids is 2. The summed E-state index contributed by atoms with van der Waals surface area (Å²) in [6, 6.07) is 9.27. The average molecular weight is 426 g/mol. The Bertz CT molecular complexity index is 974. The van der Waals surface area contributed by atoms with Gasteiger partial charge in [-0.15, -0.1) is 0 Å². The molecule has 0 spiro atoms. The third kappa shape index (κ3) is 5.27. The molecule has 1 aromatic heterocycles. The number of fused-ring (bicyclic) bond motifs is 1. The molecule has 9 nitrogen and oxygen atoms in total. The molecule has 2 aromatic rings. The number of aromatic nitrogens is 2. The van der Waals surface area contributed by atoms with Gasteiger partial charge in [0.15, 0.2) is 11.7 Å².